The van der Waals surface area contributed by atoms with Crippen LogP contribution in [0.25, 0.3) is 0 Å². The van der Waals surface area contributed by atoms with E-state index in [0.717, 1.165) is 38.5 Å². The molecule has 0 saturated heterocycles. The van der Waals surface area contributed by atoms with Crippen LogP contribution >= 0.6 is 0 Å². The number of hydrogen-bond acceptors (Lipinski definition) is 4. The molecule has 4 N–H and O–H groups in total. The quantitative estimate of drug-likeness (QED) is 0.0365. The lowest BCUT2D eigenvalue weighted by Gasteiger charge is -2.21. The summed E-state index contributed by atoms with van der Waals surface area (Å²) < 4.78 is 0. The maximum absolute atomic E-state index is 12.5. The third-order valence-electron chi connectivity index (χ3n) is 11.7. The van der Waals surface area contributed by atoms with Crippen LogP contribution in [-0.4, -0.2) is 46.1 Å². The number of aliphatic hydroxyl groups excluding tert-OH is 3. The van der Waals surface area contributed by atoms with Crippen LogP contribution in [0.4, 0.5) is 0 Å². The fourth-order valence-corrected chi connectivity index (χ4v) is 7.73. The average Bonchev–Trinajstić information content (AvgIpc) is 3.22. The first-order chi connectivity index (χ1) is 28.1. The molecule has 0 aromatic rings. The van der Waals surface area contributed by atoms with Gasteiger partial charge in [-0.15, -0.1) is 0 Å². The molecule has 336 valence electrons. The van der Waals surface area contributed by atoms with Crippen LogP contribution in [-0.2, 0) is 4.79 Å². The topological polar surface area (TPSA) is 89.8 Å². The minimum Gasteiger partial charge on any atom is -0.394 e. The lowest BCUT2D eigenvalue weighted by atomic mass is 10.0. The number of rotatable bonds is 46. The molecule has 0 rings (SSSR count). The van der Waals surface area contributed by atoms with E-state index in [-0.39, 0.29) is 6.61 Å². The van der Waals surface area contributed by atoms with Gasteiger partial charge in [0.2, 0.25) is 5.91 Å². The van der Waals surface area contributed by atoms with Crippen LogP contribution < -0.4 is 5.32 Å². The molecule has 0 aliphatic heterocycles. The van der Waals surface area contributed by atoms with Gasteiger partial charge in [-0.2, -0.15) is 0 Å². The van der Waals surface area contributed by atoms with Crippen molar-refractivity contribution in [1.29, 1.82) is 0 Å². The Morgan fingerprint density at radius 1 is 0.421 bits per heavy atom. The first-order valence-electron chi connectivity index (χ1n) is 25.3. The summed E-state index contributed by atoms with van der Waals surface area (Å²) >= 11 is 0. The van der Waals surface area contributed by atoms with E-state index in [4.69, 9.17) is 0 Å². The van der Waals surface area contributed by atoms with Gasteiger partial charge in [-0.25, -0.2) is 0 Å². The SMILES string of the molecule is CCCCCCCCCCC/C=C/CC/C=C/C(O)C(CO)NC(=O)C(O)CCCCCCCCCCCCCC/C=C\CCCCCCCCCCCCCC. The highest BCUT2D eigenvalue weighted by Crippen LogP contribution is 2.16. The molecule has 0 radical (unpaired) electrons. The van der Waals surface area contributed by atoms with Crippen LogP contribution in [0.5, 0.6) is 0 Å². The molecular weight excluding hydrogens is 703 g/mol. The summed E-state index contributed by atoms with van der Waals surface area (Å²) in [5.41, 5.74) is 0. The molecule has 0 aromatic heterocycles. The summed E-state index contributed by atoms with van der Waals surface area (Å²) in [6.45, 7) is 4.18. The normalized spacial score (nSPS) is 13.7. The maximum atomic E-state index is 12.5. The lowest BCUT2D eigenvalue weighted by molar-refractivity contribution is -0.131. The standard InChI is InChI=1S/C52H99NO4/c1-3-5-7-9-11-13-15-17-19-20-21-22-23-24-25-26-27-28-29-30-31-33-35-37-39-41-43-45-47-51(56)52(57)53-49(48-54)50(55)46-44-42-40-38-36-34-32-18-16-14-12-10-8-6-4-2/h24-25,36,38,44,46,49-51,54-56H,3-23,26-35,37,39-43,45,47-48H2,1-2H3,(H,53,57)/b25-24-,38-36+,46-44+. The van der Waals surface area contributed by atoms with Crippen molar-refractivity contribution in [2.45, 2.75) is 283 Å². The molecule has 0 spiro atoms. The first kappa shape index (κ1) is 55.6. The minimum absolute atomic E-state index is 0.375. The summed E-state index contributed by atoms with van der Waals surface area (Å²) in [4.78, 5) is 12.5. The summed E-state index contributed by atoms with van der Waals surface area (Å²) in [6.07, 6.45) is 60.6. The van der Waals surface area contributed by atoms with Crippen molar-refractivity contribution < 1.29 is 20.1 Å². The number of aliphatic hydroxyl groups is 3. The third-order valence-corrected chi connectivity index (χ3v) is 11.7. The van der Waals surface area contributed by atoms with Crippen molar-refractivity contribution in [2.75, 3.05) is 6.61 Å². The van der Waals surface area contributed by atoms with E-state index in [1.54, 1.807) is 6.08 Å². The Balaban J connectivity index is 3.59. The summed E-state index contributed by atoms with van der Waals surface area (Å²) in [5, 5.41) is 33.2. The molecule has 0 heterocycles. The van der Waals surface area contributed by atoms with Gasteiger partial charge in [-0.05, 0) is 57.8 Å². The second-order valence-corrected chi connectivity index (χ2v) is 17.4. The van der Waals surface area contributed by atoms with Crippen molar-refractivity contribution in [1.82, 2.24) is 5.32 Å². The van der Waals surface area contributed by atoms with Gasteiger partial charge in [0.05, 0.1) is 18.8 Å². The lowest BCUT2D eigenvalue weighted by Crippen LogP contribution is -2.48. The molecule has 3 unspecified atom stereocenters. The molecule has 3 atom stereocenters. The van der Waals surface area contributed by atoms with E-state index in [0.29, 0.717) is 6.42 Å². The van der Waals surface area contributed by atoms with Gasteiger partial charge in [-0.1, -0.05) is 243 Å². The summed E-state index contributed by atoms with van der Waals surface area (Å²) in [7, 11) is 0. The maximum Gasteiger partial charge on any atom is 0.249 e. The van der Waals surface area contributed by atoms with Crippen LogP contribution in [0.3, 0.4) is 0 Å². The molecule has 0 bridgehead atoms. The number of amides is 1. The molecular formula is C52H99NO4. The molecule has 1 amide bonds. The number of carbonyl (C=O) groups excluding carboxylic acids is 1. The van der Waals surface area contributed by atoms with Crippen LogP contribution in [0.1, 0.15) is 264 Å². The van der Waals surface area contributed by atoms with E-state index in [2.05, 4.69) is 43.5 Å². The van der Waals surface area contributed by atoms with Crippen molar-refractivity contribution in [2.24, 2.45) is 0 Å². The van der Waals surface area contributed by atoms with Crippen molar-refractivity contribution in [3.05, 3.63) is 36.5 Å². The Hall–Kier alpha value is -1.43. The molecule has 0 aliphatic rings. The smallest absolute Gasteiger partial charge is 0.249 e. The second kappa shape index (κ2) is 47.3. The minimum atomic E-state index is -1.11. The Bertz CT molecular complexity index is 885. The number of nitrogens with one attached hydrogen (secondary N) is 1. The zero-order chi connectivity index (χ0) is 41.5. The largest absolute Gasteiger partial charge is 0.394 e. The molecule has 57 heavy (non-hydrogen) atoms. The Labute approximate surface area is 355 Å². The van der Waals surface area contributed by atoms with Crippen molar-refractivity contribution in [3.63, 3.8) is 0 Å². The van der Waals surface area contributed by atoms with E-state index >= 15 is 0 Å². The Kier molecular flexibility index (Phi) is 46.1. The van der Waals surface area contributed by atoms with Gasteiger partial charge in [0.1, 0.15) is 6.10 Å². The van der Waals surface area contributed by atoms with Crippen molar-refractivity contribution >= 4 is 5.91 Å². The van der Waals surface area contributed by atoms with Gasteiger partial charge >= 0.3 is 0 Å². The number of allylic oxidation sites excluding steroid dienone is 5. The van der Waals surface area contributed by atoms with Crippen LogP contribution in [0.2, 0.25) is 0 Å². The molecule has 5 heteroatoms. The number of carbonyl (C=O) groups is 1. The molecule has 0 fully saturated rings. The van der Waals surface area contributed by atoms with Crippen LogP contribution in [0, 0.1) is 0 Å². The van der Waals surface area contributed by atoms with Gasteiger partial charge in [0, 0.05) is 0 Å². The first-order valence-corrected chi connectivity index (χ1v) is 25.3. The zero-order valence-electron chi connectivity index (χ0n) is 38.2. The molecule has 0 aromatic carbocycles. The zero-order valence-corrected chi connectivity index (χ0v) is 38.2. The van der Waals surface area contributed by atoms with E-state index in [9.17, 15) is 20.1 Å². The van der Waals surface area contributed by atoms with Crippen LogP contribution in [0.15, 0.2) is 36.5 Å². The molecule has 0 aliphatic carbocycles. The van der Waals surface area contributed by atoms with Gasteiger partial charge in [0.15, 0.2) is 0 Å². The van der Waals surface area contributed by atoms with E-state index in [1.807, 2.05) is 6.08 Å². The predicted molar refractivity (Wildman–Crippen MR) is 250 cm³/mol. The summed E-state index contributed by atoms with van der Waals surface area (Å²) in [6, 6.07) is -0.814. The molecule has 0 saturated carbocycles. The fourth-order valence-electron chi connectivity index (χ4n) is 7.73. The van der Waals surface area contributed by atoms with E-state index in [1.165, 1.54) is 205 Å². The fraction of sp³-hybridized carbons (Fsp3) is 0.865. The Morgan fingerprint density at radius 3 is 1.07 bits per heavy atom. The highest BCUT2D eigenvalue weighted by Gasteiger charge is 2.22. The number of hydrogen-bond donors (Lipinski definition) is 4. The predicted octanol–water partition coefficient (Wildman–Crippen LogP) is 15.1. The van der Waals surface area contributed by atoms with Crippen molar-refractivity contribution in [3.8, 4) is 0 Å². The number of unbranched alkanes of at least 4 members (excludes halogenated alkanes) is 34. The highest BCUT2D eigenvalue weighted by atomic mass is 16.3. The second-order valence-electron chi connectivity index (χ2n) is 17.4. The monoisotopic (exact) mass is 802 g/mol. The summed E-state index contributed by atoms with van der Waals surface area (Å²) in [5.74, 6) is -0.512. The Morgan fingerprint density at radius 2 is 0.719 bits per heavy atom. The van der Waals surface area contributed by atoms with Gasteiger partial charge < -0.3 is 20.6 Å². The average molecular weight is 802 g/mol. The molecule has 5 nitrogen and oxygen atoms in total. The third kappa shape index (κ3) is 42.5. The van der Waals surface area contributed by atoms with E-state index < -0.39 is 24.2 Å². The van der Waals surface area contributed by atoms with Gasteiger partial charge in [-0.3, -0.25) is 4.79 Å². The highest BCUT2D eigenvalue weighted by molar-refractivity contribution is 5.80. The van der Waals surface area contributed by atoms with Gasteiger partial charge in [0.25, 0.3) is 0 Å².